The first-order chi connectivity index (χ1) is 13.2. The maximum Gasteiger partial charge on any atom is 0.261 e. The van der Waals surface area contributed by atoms with Gasteiger partial charge in [0, 0.05) is 11.4 Å². The summed E-state index contributed by atoms with van der Waals surface area (Å²) in [6.07, 6.45) is 5.39. The van der Waals surface area contributed by atoms with Gasteiger partial charge in [-0.25, -0.2) is 0 Å². The van der Waals surface area contributed by atoms with Gasteiger partial charge in [0.25, 0.3) is 11.8 Å². The van der Waals surface area contributed by atoms with Gasteiger partial charge >= 0.3 is 0 Å². The van der Waals surface area contributed by atoms with E-state index in [1.54, 1.807) is 31.4 Å². The summed E-state index contributed by atoms with van der Waals surface area (Å²) in [5.41, 5.74) is 1.08. The van der Waals surface area contributed by atoms with E-state index < -0.39 is 0 Å². The van der Waals surface area contributed by atoms with E-state index in [1.165, 1.54) is 22.6 Å². The van der Waals surface area contributed by atoms with E-state index >= 15 is 0 Å². The third-order valence-electron chi connectivity index (χ3n) is 4.73. The largest absolute Gasteiger partial charge is 0.497 e. The number of carbonyl (C=O) groups is 2. The summed E-state index contributed by atoms with van der Waals surface area (Å²) in [6.45, 7) is 0.521. The Bertz CT molecular complexity index is 753. The number of methoxy groups -OCH3 is 1. The monoisotopic (exact) mass is 383 g/mol. The van der Waals surface area contributed by atoms with Gasteiger partial charge in [-0.3, -0.25) is 14.5 Å². The molecule has 4 nitrogen and oxygen atoms in total. The first-order valence-electron chi connectivity index (χ1n) is 9.43. The van der Waals surface area contributed by atoms with Gasteiger partial charge in [-0.05, 0) is 55.0 Å². The van der Waals surface area contributed by atoms with E-state index in [0.29, 0.717) is 17.7 Å². The number of hydrogen-bond acceptors (Lipinski definition) is 4. The number of imide groups is 1. The number of rotatable bonds is 10. The number of nitrogens with zero attached hydrogens (tertiary/aromatic N) is 1. The molecule has 2 aromatic rings. The Hall–Kier alpha value is -2.27. The van der Waals surface area contributed by atoms with Crippen LogP contribution in [-0.4, -0.2) is 36.1 Å². The van der Waals surface area contributed by atoms with Crippen LogP contribution in [0.3, 0.4) is 0 Å². The Morgan fingerprint density at radius 3 is 2.04 bits per heavy atom. The molecule has 1 aliphatic heterocycles. The van der Waals surface area contributed by atoms with Gasteiger partial charge in [0.2, 0.25) is 0 Å². The smallest absolute Gasteiger partial charge is 0.261 e. The Balaban J connectivity index is 1.28. The Labute approximate surface area is 164 Å². The molecule has 2 amide bonds. The standard InChI is InChI=1S/C22H25NO3S/c1-26-17-11-13-18(14-12-17)27-16-8-4-2-3-7-15-23-21(24)19-9-5-6-10-20(19)22(23)25/h5-6,9-14H,2-4,7-8,15-16H2,1H3. The molecular weight excluding hydrogens is 358 g/mol. The first kappa shape index (κ1) is 19.5. The number of benzene rings is 2. The van der Waals surface area contributed by atoms with Gasteiger partial charge in [0.15, 0.2) is 0 Å². The number of amides is 2. The number of hydrogen-bond donors (Lipinski definition) is 0. The van der Waals surface area contributed by atoms with Crippen LogP contribution in [0.4, 0.5) is 0 Å². The van der Waals surface area contributed by atoms with Crippen molar-refractivity contribution in [3.8, 4) is 5.75 Å². The molecule has 0 unspecified atom stereocenters. The minimum Gasteiger partial charge on any atom is -0.497 e. The lowest BCUT2D eigenvalue weighted by atomic mass is 10.1. The van der Waals surface area contributed by atoms with Crippen LogP contribution in [0, 0.1) is 0 Å². The van der Waals surface area contributed by atoms with Crippen molar-refractivity contribution in [2.24, 2.45) is 0 Å². The van der Waals surface area contributed by atoms with E-state index in [-0.39, 0.29) is 11.8 Å². The second-order valence-electron chi connectivity index (χ2n) is 6.60. The van der Waals surface area contributed by atoms with Crippen LogP contribution in [0.5, 0.6) is 5.75 Å². The summed E-state index contributed by atoms with van der Waals surface area (Å²) in [7, 11) is 1.68. The summed E-state index contributed by atoms with van der Waals surface area (Å²) >= 11 is 1.86. The molecule has 0 radical (unpaired) electrons. The second kappa shape index (κ2) is 9.60. The van der Waals surface area contributed by atoms with E-state index in [9.17, 15) is 9.59 Å². The molecule has 27 heavy (non-hydrogen) atoms. The molecule has 142 valence electrons. The van der Waals surface area contributed by atoms with Gasteiger partial charge < -0.3 is 4.74 Å². The van der Waals surface area contributed by atoms with Crippen molar-refractivity contribution in [1.29, 1.82) is 0 Å². The molecule has 0 aromatic heterocycles. The average Bonchev–Trinajstić information content (AvgIpc) is 2.95. The summed E-state index contributed by atoms with van der Waals surface area (Å²) in [5.74, 6) is 1.69. The van der Waals surface area contributed by atoms with Crippen molar-refractivity contribution < 1.29 is 14.3 Å². The number of ether oxygens (including phenoxy) is 1. The van der Waals surface area contributed by atoms with E-state index in [2.05, 4.69) is 12.1 Å². The van der Waals surface area contributed by atoms with Gasteiger partial charge in [0.05, 0.1) is 18.2 Å². The fourth-order valence-corrected chi connectivity index (χ4v) is 4.12. The van der Waals surface area contributed by atoms with E-state index in [1.807, 2.05) is 23.9 Å². The highest BCUT2D eigenvalue weighted by Gasteiger charge is 2.34. The lowest BCUT2D eigenvalue weighted by Gasteiger charge is -2.13. The lowest BCUT2D eigenvalue weighted by Crippen LogP contribution is -2.30. The summed E-state index contributed by atoms with van der Waals surface area (Å²) in [6, 6.07) is 15.2. The van der Waals surface area contributed by atoms with Gasteiger partial charge in [-0.1, -0.05) is 31.4 Å². The quantitative estimate of drug-likeness (QED) is 0.328. The van der Waals surface area contributed by atoms with Gasteiger partial charge in [-0.15, -0.1) is 11.8 Å². The highest BCUT2D eigenvalue weighted by Crippen LogP contribution is 2.24. The minimum absolute atomic E-state index is 0.147. The fourth-order valence-electron chi connectivity index (χ4n) is 3.21. The predicted octanol–water partition coefficient (Wildman–Crippen LogP) is 5.03. The number of unbranched alkanes of at least 4 members (excludes halogenated alkanes) is 4. The molecule has 0 N–H and O–H groups in total. The number of fused-ring (bicyclic) bond motifs is 1. The van der Waals surface area contributed by atoms with Crippen LogP contribution >= 0.6 is 11.8 Å². The third-order valence-corrected chi connectivity index (χ3v) is 5.83. The van der Waals surface area contributed by atoms with Crippen LogP contribution < -0.4 is 4.74 Å². The Kier molecular flexibility index (Phi) is 6.93. The molecule has 0 saturated carbocycles. The molecule has 0 spiro atoms. The second-order valence-corrected chi connectivity index (χ2v) is 7.77. The first-order valence-corrected chi connectivity index (χ1v) is 10.4. The van der Waals surface area contributed by atoms with Crippen molar-refractivity contribution >= 4 is 23.6 Å². The zero-order chi connectivity index (χ0) is 19.1. The lowest BCUT2D eigenvalue weighted by molar-refractivity contribution is 0.0651. The molecule has 0 bridgehead atoms. The molecule has 1 heterocycles. The zero-order valence-corrected chi connectivity index (χ0v) is 16.5. The zero-order valence-electron chi connectivity index (χ0n) is 15.6. The maximum absolute atomic E-state index is 12.3. The highest BCUT2D eigenvalue weighted by atomic mass is 32.2. The Morgan fingerprint density at radius 2 is 1.41 bits per heavy atom. The summed E-state index contributed by atoms with van der Waals surface area (Å²) in [5, 5.41) is 0. The van der Waals surface area contributed by atoms with Crippen molar-refractivity contribution in [2.45, 2.75) is 37.0 Å². The molecule has 0 saturated heterocycles. The normalized spacial score (nSPS) is 13.1. The molecule has 0 fully saturated rings. The van der Waals surface area contributed by atoms with Gasteiger partial charge in [-0.2, -0.15) is 0 Å². The van der Waals surface area contributed by atoms with Crippen molar-refractivity contribution in [2.75, 3.05) is 19.4 Å². The van der Waals surface area contributed by atoms with Crippen molar-refractivity contribution in [3.63, 3.8) is 0 Å². The molecule has 3 rings (SSSR count). The maximum atomic E-state index is 12.3. The SMILES string of the molecule is COc1ccc(SCCCCCCCN2C(=O)c3ccccc3C2=O)cc1. The van der Waals surface area contributed by atoms with Gasteiger partial charge in [0.1, 0.15) is 5.75 Å². The summed E-state index contributed by atoms with van der Waals surface area (Å²) in [4.78, 5) is 27.2. The molecule has 1 aliphatic rings. The van der Waals surface area contributed by atoms with E-state index in [0.717, 1.165) is 30.8 Å². The fraction of sp³-hybridized carbons (Fsp3) is 0.364. The molecule has 5 heteroatoms. The molecule has 0 atom stereocenters. The Morgan fingerprint density at radius 1 is 0.815 bits per heavy atom. The minimum atomic E-state index is -0.147. The molecular formula is C22H25NO3S. The van der Waals surface area contributed by atoms with Crippen molar-refractivity contribution in [3.05, 3.63) is 59.7 Å². The van der Waals surface area contributed by atoms with E-state index in [4.69, 9.17) is 4.74 Å². The topological polar surface area (TPSA) is 46.6 Å². The molecule has 0 aliphatic carbocycles. The average molecular weight is 384 g/mol. The van der Waals surface area contributed by atoms with Crippen LogP contribution in [0.1, 0.15) is 52.8 Å². The third kappa shape index (κ3) is 4.92. The van der Waals surface area contributed by atoms with Crippen LogP contribution in [0.15, 0.2) is 53.4 Å². The van der Waals surface area contributed by atoms with Crippen molar-refractivity contribution in [1.82, 2.24) is 4.90 Å². The number of thioether (sulfide) groups is 1. The number of carbonyl (C=O) groups excluding carboxylic acids is 2. The van der Waals surface area contributed by atoms with Crippen LogP contribution in [0.25, 0.3) is 0 Å². The van der Waals surface area contributed by atoms with Crippen LogP contribution in [0.2, 0.25) is 0 Å². The highest BCUT2D eigenvalue weighted by molar-refractivity contribution is 7.99. The van der Waals surface area contributed by atoms with Crippen LogP contribution in [-0.2, 0) is 0 Å². The summed E-state index contributed by atoms with van der Waals surface area (Å²) < 4.78 is 5.16. The predicted molar refractivity (Wildman–Crippen MR) is 109 cm³/mol. The molecule has 2 aromatic carbocycles.